The fourth-order valence-electron chi connectivity index (χ4n) is 1.82. The Morgan fingerprint density at radius 2 is 2.14 bits per heavy atom. The van der Waals surface area contributed by atoms with Crippen LogP contribution in [-0.2, 0) is 4.79 Å². The first-order chi connectivity index (χ1) is 9.76. The number of rotatable bonds is 7. The molecular formula is C13H21N3O4S. The Balaban J connectivity index is 3.04. The summed E-state index contributed by atoms with van der Waals surface area (Å²) in [4.78, 5) is 24.7. The standard InChI is InChI=1S/C13H21N3O4S/c1-5-15(7-12(18)14-8(2)3)13-10(16(19)20)6-11(21-13)9(4)17/h6,8-9,17H,5,7H2,1-4H3,(H,14,18)/t9-/m1/s1. The van der Waals surface area contributed by atoms with Crippen molar-refractivity contribution < 1.29 is 14.8 Å². The quantitative estimate of drug-likeness (QED) is 0.593. The molecule has 0 saturated heterocycles. The summed E-state index contributed by atoms with van der Waals surface area (Å²) >= 11 is 1.14. The van der Waals surface area contributed by atoms with Crippen LogP contribution in [0.1, 0.15) is 38.7 Å². The van der Waals surface area contributed by atoms with Gasteiger partial charge in [-0.05, 0) is 27.7 Å². The van der Waals surface area contributed by atoms with Crippen molar-refractivity contribution in [1.82, 2.24) is 5.32 Å². The molecule has 0 aromatic carbocycles. The number of nitrogens with one attached hydrogen (secondary N) is 1. The minimum atomic E-state index is -0.773. The van der Waals surface area contributed by atoms with E-state index in [1.807, 2.05) is 20.8 Å². The van der Waals surface area contributed by atoms with Crippen LogP contribution in [0, 0.1) is 10.1 Å². The average Bonchev–Trinajstić information content (AvgIpc) is 2.80. The molecule has 2 N–H and O–H groups in total. The first-order valence-corrected chi connectivity index (χ1v) is 7.58. The number of anilines is 1. The Kier molecular flexibility index (Phi) is 6.10. The summed E-state index contributed by atoms with van der Waals surface area (Å²) in [7, 11) is 0. The zero-order valence-electron chi connectivity index (χ0n) is 12.6. The van der Waals surface area contributed by atoms with E-state index in [0.717, 1.165) is 11.3 Å². The Hall–Kier alpha value is -1.67. The summed E-state index contributed by atoms with van der Waals surface area (Å²) < 4.78 is 0. The smallest absolute Gasteiger partial charge is 0.304 e. The second kappa shape index (κ2) is 7.37. The third-order valence-corrected chi connectivity index (χ3v) is 4.13. The molecule has 1 rings (SSSR count). The number of thiophene rings is 1. The number of hydrogen-bond donors (Lipinski definition) is 2. The number of aliphatic hydroxyl groups excluding tert-OH is 1. The highest BCUT2D eigenvalue weighted by Gasteiger charge is 2.26. The predicted octanol–water partition coefficient (Wildman–Crippen LogP) is 2.06. The minimum absolute atomic E-state index is 0.0163. The van der Waals surface area contributed by atoms with E-state index in [2.05, 4.69) is 5.32 Å². The van der Waals surface area contributed by atoms with Crippen LogP contribution in [0.15, 0.2) is 6.07 Å². The van der Waals surface area contributed by atoms with Crippen LogP contribution in [0.3, 0.4) is 0 Å². The molecule has 7 nitrogen and oxygen atoms in total. The van der Waals surface area contributed by atoms with Crippen molar-refractivity contribution in [3.63, 3.8) is 0 Å². The number of nitro groups is 1. The first-order valence-electron chi connectivity index (χ1n) is 6.76. The van der Waals surface area contributed by atoms with E-state index < -0.39 is 11.0 Å². The third kappa shape index (κ3) is 4.68. The topological polar surface area (TPSA) is 95.7 Å². The molecule has 0 radical (unpaired) electrons. The molecular weight excluding hydrogens is 294 g/mol. The van der Waals surface area contributed by atoms with E-state index in [1.165, 1.54) is 6.07 Å². The number of nitrogens with zero attached hydrogens (tertiary/aromatic N) is 2. The number of carbonyl (C=O) groups is 1. The average molecular weight is 315 g/mol. The van der Waals surface area contributed by atoms with Gasteiger partial charge in [0, 0.05) is 23.5 Å². The van der Waals surface area contributed by atoms with Gasteiger partial charge in [-0.3, -0.25) is 14.9 Å². The lowest BCUT2D eigenvalue weighted by Gasteiger charge is -2.20. The number of aliphatic hydroxyl groups is 1. The molecule has 118 valence electrons. The van der Waals surface area contributed by atoms with Crippen molar-refractivity contribution in [1.29, 1.82) is 0 Å². The van der Waals surface area contributed by atoms with E-state index in [4.69, 9.17) is 0 Å². The maximum atomic E-state index is 11.9. The minimum Gasteiger partial charge on any atom is -0.388 e. The van der Waals surface area contributed by atoms with Gasteiger partial charge in [0.05, 0.1) is 17.6 Å². The number of hydrogen-bond acceptors (Lipinski definition) is 6. The maximum Gasteiger partial charge on any atom is 0.304 e. The normalized spacial score (nSPS) is 12.3. The summed E-state index contributed by atoms with van der Waals surface area (Å²) in [5, 5.41) is 23.9. The van der Waals surface area contributed by atoms with Gasteiger partial charge in [-0.2, -0.15) is 0 Å². The van der Waals surface area contributed by atoms with Crippen molar-refractivity contribution in [2.45, 2.75) is 39.8 Å². The Labute approximate surface area is 127 Å². The number of carbonyl (C=O) groups excluding carboxylic acids is 1. The van der Waals surface area contributed by atoms with Crippen LogP contribution in [0.25, 0.3) is 0 Å². The Morgan fingerprint density at radius 3 is 2.57 bits per heavy atom. The molecule has 0 aliphatic heterocycles. The maximum absolute atomic E-state index is 11.9. The van der Waals surface area contributed by atoms with E-state index in [0.29, 0.717) is 16.4 Å². The second-order valence-electron chi connectivity index (χ2n) is 5.01. The molecule has 0 saturated carbocycles. The molecule has 1 atom stereocenters. The van der Waals surface area contributed by atoms with Crippen LogP contribution in [0.2, 0.25) is 0 Å². The Bertz CT molecular complexity index is 514. The van der Waals surface area contributed by atoms with Gasteiger partial charge in [0.15, 0.2) is 5.00 Å². The van der Waals surface area contributed by atoms with Crippen molar-refractivity contribution >= 4 is 27.9 Å². The highest BCUT2D eigenvalue weighted by Crippen LogP contribution is 2.39. The molecule has 1 heterocycles. The first kappa shape index (κ1) is 17.4. The predicted molar refractivity (Wildman–Crippen MR) is 82.8 cm³/mol. The van der Waals surface area contributed by atoms with Crippen molar-refractivity contribution in [3.05, 3.63) is 21.1 Å². The number of likely N-dealkylation sites (N-methyl/N-ethyl adjacent to an activating group) is 1. The van der Waals surface area contributed by atoms with Crippen LogP contribution in [-0.4, -0.2) is 35.1 Å². The van der Waals surface area contributed by atoms with Gasteiger partial charge in [-0.1, -0.05) is 0 Å². The lowest BCUT2D eigenvalue weighted by molar-refractivity contribution is -0.383. The summed E-state index contributed by atoms with van der Waals surface area (Å²) in [5.41, 5.74) is -0.0740. The van der Waals surface area contributed by atoms with Crippen LogP contribution in [0.4, 0.5) is 10.7 Å². The van der Waals surface area contributed by atoms with Crippen molar-refractivity contribution in [2.75, 3.05) is 18.0 Å². The molecule has 1 amide bonds. The molecule has 0 aliphatic carbocycles. The zero-order chi connectivity index (χ0) is 16.2. The lowest BCUT2D eigenvalue weighted by Crippen LogP contribution is -2.40. The van der Waals surface area contributed by atoms with Gasteiger partial charge >= 0.3 is 5.69 Å². The van der Waals surface area contributed by atoms with E-state index >= 15 is 0 Å². The van der Waals surface area contributed by atoms with Gasteiger partial charge in [-0.25, -0.2) is 0 Å². The van der Waals surface area contributed by atoms with E-state index in [1.54, 1.807) is 11.8 Å². The molecule has 0 unspecified atom stereocenters. The molecule has 1 aromatic heterocycles. The SMILES string of the molecule is CCN(CC(=O)NC(C)C)c1sc([C@@H](C)O)cc1[N+](=O)[O-]. The van der Waals surface area contributed by atoms with Gasteiger partial charge in [0.2, 0.25) is 5.91 Å². The second-order valence-corrected chi connectivity index (χ2v) is 6.07. The van der Waals surface area contributed by atoms with Crippen LogP contribution >= 0.6 is 11.3 Å². The fourth-order valence-corrected chi connectivity index (χ4v) is 2.95. The lowest BCUT2D eigenvalue weighted by atomic mass is 10.3. The monoisotopic (exact) mass is 315 g/mol. The van der Waals surface area contributed by atoms with Gasteiger partial charge < -0.3 is 15.3 Å². The summed E-state index contributed by atoms with van der Waals surface area (Å²) in [6.07, 6.45) is -0.773. The fraction of sp³-hybridized carbons (Fsp3) is 0.615. The largest absolute Gasteiger partial charge is 0.388 e. The number of amides is 1. The molecule has 0 spiro atoms. The highest BCUT2D eigenvalue weighted by molar-refractivity contribution is 7.16. The van der Waals surface area contributed by atoms with Crippen molar-refractivity contribution in [3.8, 4) is 0 Å². The Morgan fingerprint density at radius 1 is 1.52 bits per heavy atom. The molecule has 0 fully saturated rings. The van der Waals surface area contributed by atoms with Gasteiger partial charge in [-0.15, -0.1) is 11.3 Å². The van der Waals surface area contributed by atoms with E-state index in [9.17, 15) is 20.0 Å². The molecule has 0 aliphatic rings. The molecule has 1 aromatic rings. The van der Waals surface area contributed by atoms with Crippen LogP contribution in [0.5, 0.6) is 0 Å². The molecule has 21 heavy (non-hydrogen) atoms. The van der Waals surface area contributed by atoms with Gasteiger partial charge in [0.1, 0.15) is 0 Å². The summed E-state index contributed by atoms with van der Waals surface area (Å²) in [6, 6.07) is 1.38. The summed E-state index contributed by atoms with van der Waals surface area (Å²) in [5.74, 6) is -0.187. The van der Waals surface area contributed by atoms with E-state index in [-0.39, 0.29) is 24.2 Å². The molecule has 8 heteroatoms. The van der Waals surface area contributed by atoms with Crippen molar-refractivity contribution in [2.24, 2.45) is 0 Å². The van der Waals surface area contributed by atoms with Crippen LogP contribution < -0.4 is 10.2 Å². The van der Waals surface area contributed by atoms with Gasteiger partial charge in [0.25, 0.3) is 0 Å². The highest BCUT2D eigenvalue weighted by atomic mass is 32.1. The summed E-state index contributed by atoms with van der Waals surface area (Å²) in [6.45, 7) is 7.61. The zero-order valence-corrected chi connectivity index (χ0v) is 13.4. The molecule has 0 bridgehead atoms. The third-order valence-electron chi connectivity index (χ3n) is 2.77.